The lowest BCUT2D eigenvalue weighted by molar-refractivity contribution is 0.227. The number of hydrogen-bond acceptors (Lipinski definition) is 1. The van der Waals surface area contributed by atoms with Crippen molar-refractivity contribution >= 4 is 8.05 Å². The summed E-state index contributed by atoms with van der Waals surface area (Å²) in [6.07, 6.45) is 1.06. The van der Waals surface area contributed by atoms with Crippen LogP contribution in [0.1, 0.15) is 17.2 Å². The van der Waals surface area contributed by atoms with E-state index in [2.05, 4.69) is 36.4 Å². The maximum absolute atomic E-state index is 5.54. The summed E-state index contributed by atoms with van der Waals surface area (Å²) in [5.74, 6) is 0. The summed E-state index contributed by atoms with van der Waals surface area (Å²) in [4.78, 5) is 0. The van der Waals surface area contributed by atoms with Gasteiger partial charge < -0.3 is 4.65 Å². The normalized spacial score (nSPS) is 12.2. The predicted octanol–water partition coefficient (Wildman–Crippen LogP) is 2.54. The average Bonchev–Trinajstić information content (AvgIpc) is 2.38. The van der Waals surface area contributed by atoms with Crippen LogP contribution >= 0.6 is 0 Å². The van der Waals surface area contributed by atoms with E-state index in [0.717, 1.165) is 6.42 Å². The summed E-state index contributed by atoms with van der Waals surface area (Å²) in [6, 6.07) is 20.8. The van der Waals surface area contributed by atoms with Crippen LogP contribution < -0.4 is 0 Å². The van der Waals surface area contributed by atoms with Gasteiger partial charge >= 0.3 is 0 Å². The van der Waals surface area contributed by atoms with Crippen molar-refractivity contribution in [2.24, 2.45) is 0 Å². The molecule has 2 aromatic rings. The molecule has 1 atom stereocenters. The molecule has 0 heterocycles. The first-order chi connectivity index (χ1) is 7.90. The van der Waals surface area contributed by atoms with Crippen molar-refractivity contribution in [3.8, 4) is 0 Å². The molecule has 0 aliphatic rings. The quantitative estimate of drug-likeness (QED) is 0.704. The lowest BCUT2D eigenvalue weighted by atomic mass is 10.0. The van der Waals surface area contributed by atoms with Crippen LogP contribution in [0.4, 0.5) is 0 Å². The zero-order chi connectivity index (χ0) is 11.2. The fourth-order valence-electron chi connectivity index (χ4n) is 1.83. The molecule has 0 saturated carbocycles. The van der Waals surface area contributed by atoms with E-state index in [-0.39, 0.29) is 6.10 Å². The Morgan fingerprint density at radius 1 is 0.875 bits per heavy atom. The van der Waals surface area contributed by atoms with E-state index in [0.29, 0.717) is 0 Å². The summed E-state index contributed by atoms with van der Waals surface area (Å²) < 4.78 is 5.54. The molecule has 0 N–H and O–H groups in total. The summed E-state index contributed by atoms with van der Waals surface area (Å²) in [5.41, 5.74) is 2.53. The third-order valence-electron chi connectivity index (χ3n) is 2.72. The Labute approximate surface area is 97.5 Å². The highest BCUT2D eigenvalue weighted by Crippen LogP contribution is 2.20. The fraction of sp³-hybridized carbons (Fsp3) is 0.143. The van der Waals surface area contributed by atoms with E-state index >= 15 is 0 Å². The SMILES string of the molecule is BOC(Cc1ccccc1)c1ccccc1. The Morgan fingerprint density at radius 2 is 1.44 bits per heavy atom. The minimum Gasteiger partial charge on any atom is -0.437 e. The maximum Gasteiger partial charge on any atom is 0.258 e. The number of rotatable bonds is 4. The molecule has 0 radical (unpaired) electrons. The molecule has 1 unspecified atom stereocenters. The smallest absolute Gasteiger partial charge is 0.258 e. The predicted molar refractivity (Wildman–Crippen MR) is 69.0 cm³/mol. The second-order valence-corrected chi connectivity index (χ2v) is 3.82. The Morgan fingerprint density at radius 3 is 2.00 bits per heavy atom. The van der Waals surface area contributed by atoms with Gasteiger partial charge in [0.1, 0.15) is 0 Å². The van der Waals surface area contributed by atoms with Gasteiger partial charge in [-0.05, 0) is 11.1 Å². The van der Waals surface area contributed by atoms with E-state index in [1.807, 2.05) is 24.3 Å². The van der Waals surface area contributed by atoms with Gasteiger partial charge in [0.25, 0.3) is 8.05 Å². The number of hydrogen-bond donors (Lipinski definition) is 0. The second kappa shape index (κ2) is 5.52. The zero-order valence-corrected chi connectivity index (χ0v) is 9.47. The first-order valence-corrected chi connectivity index (χ1v) is 5.52. The molecular formula is C14H15BO. The minimum atomic E-state index is 0.142. The molecule has 0 fully saturated rings. The van der Waals surface area contributed by atoms with Crippen LogP contribution in [-0.4, -0.2) is 8.05 Å². The Hall–Kier alpha value is -1.54. The fourth-order valence-corrected chi connectivity index (χ4v) is 1.83. The van der Waals surface area contributed by atoms with Gasteiger partial charge in [0.15, 0.2) is 0 Å². The van der Waals surface area contributed by atoms with Crippen LogP contribution in [0.5, 0.6) is 0 Å². The molecule has 2 heteroatoms. The highest BCUT2D eigenvalue weighted by atomic mass is 16.4. The van der Waals surface area contributed by atoms with Gasteiger partial charge in [-0.3, -0.25) is 0 Å². The maximum atomic E-state index is 5.54. The summed E-state index contributed by atoms with van der Waals surface area (Å²) in [7, 11) is 1.76. The third-order valence-corrected chi connectivity index (χ3v) is 2.72. The summed E-state index contributed by atoms with van der Waals surface area (Å²) in [5, 5.41) is 0. The lowest BCUT2D eigenvalue weighted by Gasteiger charge is -2.16. The van der Waals surface area contributed by atoms with E-state index in [9.17, 15) is 0 Å². The largest absolute Gasteiger partial charge is 0.437 e. The molecule has 0 bridgehead atoms. The van der Waals surface area contributed by atoms with Gasteiger partial charge in [-0.1, -0.05) is 60.7 Å². The minimum absolute atomic E-state index is 0.142. The molecular weight excluding hydrogens is 195 g/mol. The van der Waals surface area contributed by atoms with E-state index in [1.165, 1.54) is 11.1 Å². The van der Waals surface area contributed by atoms with Crippen LogP contribution in [0.25, 0.3) is 0 Å². The van der Waals surface area contributed by atoms with Gasteiger partial charge in [-0.15, -0.1) is 0 Å². The second-order valence-electron chi connectivity index (χ2n) is 3.82. The van der Waals surface area contributed by atoms with Crippen LogP contribution in [-0.2, 0) is 11.1 Å². The zero-order valence-electron chi connectivity index (χ0n) is 9.47. The lowest BCUT2D eigenvalue weighted by Crippen LogP contribution is -2.05. The first kappa shape index (κ1) is 11.0. The van der Waals surface area contributed by atoms with Crippen molar-refractivity contribution in [1.29, 1.82) is 0 Å². The molecule has 0 aliphatic carbocycles. The molecule has 2 rings (SSSR count). The standard InChI is InChI=1S/C14H15BO/c15-16-14(13-9-5-2-6-10-13)11-12-7-3-1-4-8-12/h1-10,14H,11,15H2. The van der Waals surface area contributed by atoms with Gasteiger partial charge in [-0.2, -0.15) is 0 Å². The van der Waals surface area contributed by atoms with Gasteiger partial charge in [0.2, 0.25) is 0 Å². The van der Waals surface area contributed by atoms with Crippen molar-refractivity contribution in [3.05, 3.63) is 71.8 Å². The number of benzene rings is 2. The molecule has 0 spiro atoms. The molecule has 0 aliphatic heterocycles. The van der Waals surface area contributed by atoms with E-state index in [1.54, 1.807) is 8.05 Å². The Balaban J connectivity index is 2.13. The molecule has 1 nitrogen and oxygen atoms in total. The summed E-state index contributed by atoms with van der Waals surface area (Å²) in [6.45, 7) is 0. The van der Waals surface area contributed by atoms with Crippen molar-refractivity contribution in [3.63, 3.8) is 0 Å². The highest BCUT2D eigenvalue weighted by molar-refractivity contribution is 5.98. The van der Waals surface area contributed by atoms with Crippen molar-refractivity contribution in [1.82, 2.24) is 0 Å². The Kier molecular flexibility index (Phi) is 3.78. The van der Waals surface area contributed by atoms with Crippen LogP contribution in [0.2, 0.25) is 0 Å². The van der Waals surface area contributed by atoms with Gasteiger partial charge in [-0.25, -0.2) is 0 Å². The van der Waals surface area contributed by atoms with Crippen molar-refractivity contribution in [2.75, 3.05) is 0 Å². The monoisotopic (exact) mass is 210 g/mol. The van der Waals surface area contributed by atoms with Crippen molar-refractivity contribution in [2.45, 2.75) is 12.5 Å². The van der Waals surface area contributed by atoms with Crippen molar-refractivity contribution < 1.29 is 4.65 Å². The van der Waals surface area contributed by atoms with Crippen LogP contribution in [0.15, 0.2) is 60.7 Å². The van der Waals surface area contributed by atoms with Crippen LogP contribution in [0.3, 0.4) is 0 Å². The van der Waals surface area contributed by atoms with E-state index in [4.69, 9.17) is 4.65 Å². The molecule has 16 heavy (non-hydrogen) atoms. The first-order valence-electron chi connectivity index (χ1n) is 5.52. The molecule has 2 aromatic carbocycles. The molecule has 80 valence electrons. The molecule has 0 amide bonds. The van der Waals surface area contributed by atoms with Crippen LogP contribution in [0, 0.1) is 0 Å². The average molecular weight is 210 g/mol. The third kappa shape index (κ3) is 2.74. The van der Waals surface area contributed by atoms with Gasteiger partial charge in [0.05, 0.1) is 6.10 Å². The Bertz CT molecular complexity index is 413. The van der Waals surface area contributed by atoms with E-state index < -0.39 is 0 Å². The molecule has 0 aromatic heterocycles. The topological polar surface area (TPSA) is 9.23 Å². The highest BCUT2D eigenvalue weighted by Gasteiger charge is 2.09. The van der Waals surface area contributed by atoms with Gasteiger partial charge in [0, 0.05) is 6.42 Å². The summed E-state index contributed by atoms with van der Waals surface area (Å²) >= 11 is 0. The molecule has 0 saturated heterocycles.